The van der Waals surface area contributed by atoms with Crippen LogP contribution in [-0.2, 0) is 34.0 Å². The van der Waals surface area contributed by atoms with Crippen molar-refractivity contribution < 1.29 is 22.5 Å². The number of aromatic amines is 1. The van der Waals surface area contributed by atoms with Gasteiger partial charge in [0, 0.05) is 6.42 Å². The topological polar surface area (TPSA) is 119 Å². The molecule has 0 aliphatic heterocycles. The third-order valence-corrected chi connectivity index (χ3v) is 7.32. The summed E-state index contributed by atoms with van der Waals surface area (Å²) in [4.78, 5) is 26.2. The zero-order chi connectivity index (χ0) is 21.8. The lowest BCUT2D eigenvalue weighted by molar-refractivity contribution is 0.165. The van der Waals surface area contributed by atoms with E-state index in [0.717, 1.165) is 11.1 Å². The number of ether oxygens (including phenoxy) is 1. The second kappa shape index (κ2) is 8.89. The number of rotatable bonds is 6. The molecular weight excluding hydrogens is 420 g/mol. The summed E-state index contributed by atoms with van der Waals surface area (Å²) in [5.41, 5.74) is 2.26. The third-order valence-electron chi connectivity index (χ3n) is 5.54. The fourth-order valence-corrected chi connectivity index (χ4v) is 5.54. The van der Waals surface area contributed by atoms with E-state index in [9.17, 15) is 18.0 Å². The maximum atomic E-state index is 13.1. The first-order chi connectivity index (χ1) is 14.9. The molecule has 1 heterocycles. The monoisotopic (exact) mass is 442 g/mol. The normalized spacial score (nSPS) is 18.3. The van der Waals surface area contributed by atoms with Crippen LogP contribution in [0.5, 0.6) is 0 Å². The van der Waals surface area contributed by atoms with Gasteiger partial charge in [0.25, 0.3) is 9.84 Å². The van der Waals surface area contributed by atoms with Crippen molar-refractivity contribution in [2.45, 2.75) is 37.5 Å². The molecule has 4 rings (SSSR count). The molecule has 0 radical (unpaired) electrons. The standard InChI is InChI=1S/C22H22N2O6S/c25-21-23-20(24-30-21)11-10-16-12-17-8-4-5-9-18(17)19(13-16)31(27,28)22(26)29-14-15-6-2-1-3-7-15/h1-9,16,19H,10-14H2,(H,23,24,25)/t16-,19?/m1/s1. The van der Waals surface area contributed by atoms with E-state index in [2.05, 4.69) is 14.7 Å². The summed E-state index contributed by atoms with van der Waals surface area (Å²) in [6.45, 7) is -0.101. The number of aromatic nitrogens is 2. The number of fused-ring (bicyclic) bond motifs is 1. The molecule has 1 unspecified atom stereocenters. The molecule has 0 fully saturated rings. The van der Waals surface area contributed by atoms with Gasteiger partial charge in [-0.15, -0.1) is 0 Å². The van der Waals surface area contributed by atoms with Crippen LogP contribution in [-0.4, -0.2) is 23.9 Å². The molecule has 0 amide bonds. The van der Waals surface area contributed by atoms with Crippen molar-refractivity contribution in [3.63, 3.8) is 0 Å². The van der Waals surface area contributed by atoms with Crippen molar-refractivity contribution in [2.75, 3.05) is 0 Å². The SMILES string of the molecule is O=C(OCc1ccccc1)S(=O)(=O)C1C[C@H](CCc2noc(=O)[nH]2)Cc2ccccc21. The maximum Gasteiger partial charge on any atom is 0.438 e. The summed E-state index contributed by atoms with van der Waals surface area (Å²) in [5, 5.41) is 1.48. The van der Waals surface area contributed by atoms with E-state index < -0.39 is 26.1 Å². The van der Waals surface area contributed by atoms with Crippen molar-refractivity contribution in [3.05, 3.63) is 87.7 Å². The lowest BCUT2D eigenvalue weighted by Gasteiger charge is -2.30. The van der Waals surface area contributed by atoms with Gasteiger partial charge in [0.15, 0.2) is 5.82 Å². The Balaban J connectivity index is 1.51. The number of H-pyrrole nitrogens is 1. The second-order valence-corrected chi connectivity index (χ2v) is 9.64. The average molecular weight is 442 g/mol. The van der Waals surface area contributed by atoms with Gasteiger partial charge in [-0.1, -0.05) is 59.8 Å². The molecule has 3 aromatic rings. The smallest absolute Gasteiger partial charge is 0.438 e. The molecular formula is C22H22N2O6S. The summed E-state index contributed by atoms with van der Waals surface area (Å²) >= 11 is 0. The number of nitrogens with zero attached hydrogens (tertiary/aromatic N) is 1. The first-order valence-corrected chi connectivity index (χ1v) is 11.6. The molecule has 9 heteroatoms. The van der Waals surface area contributed by atoms with Gasteiger partial charge in [0.2, 0.25) is 0 Å². The van der Waals surface area contributed by atoms with Gasteiger partial charge in [-0.3, -0.25) is 9.51 Å². The number of hydrogen-bond acceptors (Lipinski definition) is 7. The van der Waals surface area contributed by atoms with Gasteiger partial charge in [-0.25, -0.2) is 18.0 Å². The van der Waals surface area contributed by atoms with Gasteiger partial charge in [-0.2, -0.15) is 0 Å². The highest BCUT2D eigenvalue weighted by Crippen LogP contribution is 2.40. The molecule has 0 saturated heterocycles. The predicted molar refractivity (Wildman–Crippen MR) is 112 cm³/mol. The molecule has 0 saturated carbocycles. The Morgan fingerprint density at radius 2 is 1.87 bits per heavy atom. The molecule has 8 nitrogen and oxygen atoms in total. The molecule has 2 atom stereocenters. The van der Waals surface area contributed by atoms with Crippen LogP contribution in [0, 0.1) is 5.92 Å². The number of aryl methyl sites for hydroxylation is 1. The van der Waals surface area contributed by atoms with Gasteiger partial charge >= 0.3 is 11.1 Å². The van der Waals surface area contributed by atoms with Crippen LogP contribution in [0.15, 0.2) is 63.9 Å². The van der Waals surface area contributed by atoms with Crippen molar-refractivity contribution in [1.29, 1.82) is 0 Å². The first kappa shape index (κ1) is 21.0. The molecule has 1 aromatic heterocycles. The van der Waals surface area contributed by atoms with Crippen LogP contribution in [0.4, 0.5) is 4.79 Å². The highest BCUT2D eigenvalue weighted by molar-refractivity contribution is 8.05. The molecule has 1 N–H and O–H groups in total. The Bertz CT molecular complexity index is 1220. The van der Waals surface area contributed by atoms with Gasteiger partial charge < -0.3 is 4.74 Å². The third kappa shape index (κ3) is 4.77. The van der Waals surface area contributed by atoms with E-state index in [4.69, 9.17) is 4.74 Å². The lowest BCUT2D eigenvalue weighted by atomic mass is 9.81. The minimum atomic E-state index is -4.21. The molecule has 31 heavy (non-hydrogen) atoms. The Morgan fingerprint density at radius 3 is 2.61 bits per heavy atom. The lowest BCUT2D eigenvalue weighted by Crippen LogP contribution is -2.29. The average Bonchev–Trinajstić information content (AvgIpc) is 3.21. The van der Waals surface area contributed by atoms with Crippen LogP contribution < -0.4 is 5.76 Å². The fourth-order valence-electron chi connectivity index (χ4n) is 4.00. The first-order valence-electron chi connectivity index (χ1n) is 10.0. The number of hydrogen-bond donors (Lipinski definition) is 1. The van der Waals surface area contributed by atoms with E-state index in [1.165, 1.54) is 0 Å². The Labute approximate surface area is 179 Å². The molecule has 1 aliphatic carbocycles. The summed E-state index contributed by atoms with van der Waals surface area (Å²) in [6, 6.07) is 16.2. The highest BCUT2D eigenvalue weighted by Gasteiger charge is 2.41. The Kier molecular flexibility index (Phi) is 6.03. The van der Waals surface area contributed by atoms with Gasteiger partial charge in [0.1, 0.15) is 6.61 Å². The number of sulfone groups is 1. The van der Waals surface area contributed by atoms with Crippen molar-refractivity contribution >= 4 is 15.1 Å². The number of benzene rings is 2. The fraction of sp³-hybridized carbons (Fsp3) is 0.318. The quantitative estimate of drug-likeness (QED) is 0.581. The number of carbonyl (C=O) groups is 1. The van der Waals surface area contributed by atoms with Gasteiger partial charge in [-0.05, 0) is 41.9 Å². The van der Waals surface area contributed by atoms with Crippen molar-refractivity contribution in [1.82, 2.24) is 10.1 Å². The van der Waals surface area contributed by atoms with Crippen LogP contribution in [0.1, 0.15) is 40.6 Å². The summed E-state index contributed by atoms with van der Waals surface area (Å²) in [5.74, 6) is -0.201. The van der Waals surface area contributed by atoms with Crippen molar-refractivity contribution in [3.8, 4) is 0 Å². The number of nitrogens with one attached hydrogen (secondary N) is 1. The molecule has 2 aromatic carbocycles. The predicted octanol–water partition coefficient (Wildman–Crippen LogP) is 3.35. The zero-order valence-corrected chi connectivity index (χ0v) is 17.5. The molecule has 1 aliphatic rings. The molecule has 0 spiro atoms. The van der Waals surface area contributed by atoms with E-state index in [0.29, 0.717) is 37.1 Å². The van der Waals surface area contributed by atoms with Crippen LogP contribution >= 0.6 is 0 Å². The van der Waals surface area contributed by atoms with Gasteiger partial charge in [0.05, 0.1) is 5.25 Å². The molecule has 162 valence electrons. The Morgan fingerprint density at radius 1 is 1.13 bits per heavy atom. The Hall–Kier alpha value is -3.20. The summed E-state index contributed by atoms with van der Waals surface area (Å²) < 4.78 is 35.9. The van der Waals surface area contributed by atoms with Crippen molar-refractivity contribution in [2.24, 2.45) is 5.92 Å². The largest absolute Gasteiger partial charge is 0.449 e. The minimum absolute atomic E-state index is 0.00296. The van der Waals surface area contributed by atoms with E-state index >= 15 is 0 Å². The second-order valence-electron chi connectivity index (χ2n) is 7.64. The van der Waals surface area contributed by atoms with E-state index in [1.807, 2.05) is 18.2 Å². The van der Waals surface area contributed by atoms with E-state index in [1.54, 1.807) is 36.4 Å². The van der Waals surface area contributed by atoms with Crippen LogP contribution in [0.25, 0.3) is 0 Å². The maximum absolute atomic E-state index is 13.1. The summed E-state index contributed by atoms with van der Waals surface area (Å²) in [7, 11) is -4.21. The zero-order valence-electron chi connectivity index (χ0n) is 16.7. The highest BCUT2D eigenvalue weighted by atomic mass is 32.2. The number of carbonyl (C=O) groups excluding carboxylic acids is 1. The summed E-state index contributed by atoms with van der Waals surface area (Å²) in [6.07, 6.45) is 2.02. The molecule has 0 bridgehead atoms. The van der Waals surface area contributed by atoms with E-state index in [-0.39, 0.29) is 12.5 Å². The van der Waals surface area contributed by atoms with Crippen LogP contribution in [0.2, 0.25) is 0 Å². The minimum Gasteiger partial charge on any atom is -0.449 e. The van der Waals surface area contributed by atoms with Crippen LogP contribution in [0.3, 0.4) is 0 Å².